The number of nitrogens with zero attached hydrogens (tertiary/aromatic N) is 2. The molecule has 0 radical (unpaired) electrons. The normalized spacial score (nSPS) is 12.5. The van der Waals surface area contributed by atoms with Gasteiger partial charge in [-0.2, -0.15) is 0 Å². The number of hydrogen-bond acceptors (Lipinski definition) is 4. The number of nitrogen functional groups attached to an aromatic ring is 1. The van der Waals surface area contributed by atoms with Crippen LogP contribution in [0.1, 0.15) is 74.5 Å². The molecule has 1 atom stereocenters. The Morgan fingerprint density at radius 1 is 1.07 bits per heavy atom. The van der Waals surface area contributed by atoms with Crippen LogP contribution >= 0.6 is 0 Å². The Kier molecular flexibility index (Phi) is 7.78. The summed E-state index contributed by atoms with van der Waals surface area (Å²) < 4.78 is 2.27. The lowest BCUT2D eigenvalue weighted by atomic mass is 9.93. The molecule has 0 aliphatic heterocycles. The zero-order valence-electron chi connectivity index (χ0n) is 18.9. The molecule has 0 fully saturated rings. The van der Waals surface area contributed by atoms with Crippen LogP contribution in [0.5, 0.6) is 0 Å². The van der Waals surface area contributed by atoms with Crippen LogP contribution in [-0.4, -0.2) is 21.5 Å². The number of nitrogens with two attached hydrogens (primary N) is 2. The van der Waals surface area contributed by atoms with Gasteiger partial charge in [-0.25, -0.2) is 4.79 Å². The van der Waals surface area contributed by atoms with Crippen LogP contribution in [0, 0.1) is 5.92 Å². The SMILES string of the molecule is CCCn1c(N)c(C(=O)C[NH2+][C@@H](c2ccc(C(C)C)cc2)C(C)C)c(=O)n(C)c1=O. The Morgan fingerprint density at radius 3 is 2.13 bits per heavy atom. The largest absolute Gasteiger partial charge is 0.384 e. The Morgan fingerprint density at radius 2 is 1.63 bits per heavy atom. The van der Waals surface area contributed by atoms with Gasteiger partial charge in [0.2, 0.25) is 5.78 Å². The number of rotatable bonds is 9. The molecule has 1 aromatic carbocycles. The third-order valence-corrected chi connectivity index (χ3v) is 5.57. The van der Waals surface area contributed by atoms with Crippen LogP contribution in [0.15, 0.2) is 33.9 Å². The van der Waals surface area contributed by atoms with Crippen molar-refractivity contribution in [2.45, 2.75) is 59.5 Å². The lowest BCUT2D eigenvalue weighted by Gasteiger charge is -2.20. The fourth-order valence-corrected chi connectivity index (χ4v) is 3.72. The van der Waals surface area contributed by atoms with Crippen molar-refractivity contribution >= 4 is 11.6 Å². The molecule has 7 heteroatoms. The van der Waals surface area contributed by atoms with E-state index < -0.39 is 11.2 Å². The minimum Gasteiger partial charge on any atom is -0.384 e. The van der Waals surface area contributed by atoms with Crippen LogP contribution < -0.4 is 22.3 Å². The maximum atomic E-state index is 13.0. The van der Waals surface area contributed by atoms with Crippen molar-refractivity contribution in [2.24, 2.45) is 13.0 Å². The van der Waals surface area contributed by atoms with E-state index >= 15 is 0 Å². The van der Waals surface area contributed by atoms with Gasteiger partial charge in [0.15, 0.2) is 0 Å². The minimum absolute atomic E-state index is 0.0364. The van der Waals surface area contributed by atoms with Gasteiger partial charge in [0, 0.05) is 25.1 Å². The van der Waals surface area contributed by atoms with E-state index in [0.717, 1.165) is 10.1 Å². The van der Waals surface area contributed by atoms with E-state index in [1.807, 2.05) is 12.2 Å². The summed E-state index contributed by atoms with van der Waals surface area (Å²) in [6.45, 7) is 10.9. The quantitative estimate of drug-likeness (QED) is 0.610. The van der Waals surface area contributed by atoms with Gasteiger partial charge in [-0.3, -0.25) is 18.7 Å². The number of ketones is 1. The summed E-state index contributed by atoms with van der Waals surface area (Å²) in [6.07, 6.45) is 0.670. The highest BCUT2D eigenvalue weighted by Crippen LogP contribution is 2.21. The molecule has 2 rings (SSSR count). The van der Waals surface area contributed by atoms with E-state index in [9.17, 15) is 14.4 Å². The van der Waals surface area contributed by atoms with Gasteiger partial charge < -0.3 is 11.1 Å². The molecular formula is C23H35N4O3+. The fraction of sp³-hybridized carbons (Fsp3) is 0.522. The van der Waals surface area contributed by atoms with Crippen LogP contribution in [0.2, 0.25) is 0 Å². The summed E-state index contributed by atoms with van der Waals surface area (Å²) in [5.74, 6) is 0.352. The summed E-state index contributed by atoms with van der Waals surface area (Å²) in [7, 11) is 1.38. The van der Waals surface area contributed by atoms with Crippen molar-refractivity contribution in [1.29, 1.82) is 0 Å². The number of hydrogen-bond donors (Lipinski definition) is 2. The number of benzene rings is 1. The summed E-state index contributed by atoms with van der Waals surface area (Å²) in [5, 5.41) is 1.95. The second-order valence-corrected chi connectivity index (χ2v) is 8.51. The Balaban J connectivity index is 2.30. The van der Waals surface area contributed by atoms with Gasteiger partial charge in [0.1, 0.15) is 24.0 Å². The zero-order chi connectivity index (χ0) is 22.6. The summed E-state index contributed by atoms with van der Waals surface area (Å²) in [6, 6.07) is 8.53. The Labute approximate surface area is 177 Å². The molecule has 0 aliphatic carbocycles. The summed E-state index contributed by atoms with van der Waals surface area (Å²) in [5.41, 5.74) is 7.26. The highest BCUT2D eigenvalue weighted by atomic mass is 16.2. The molecule has 1 heterocycles. The van der Waals surface area contributed by atoms with Crippen LogP contribution in [-0.2, 0) is 13.6 Å². The first kappa shape index (κ1) is 23.6. The molecule has 0 saturated heterocycles. The third-order valence-electron chi connectivity index (χ3n) is 5.57. The lowest BCUT2D eigenvalue weighted by Crippen LogP contribution is -2.88. The van der Waals surface area contributed by atoms with Crippen LogP contribution in [0.4, 0.5) is 5.82 Å². The minimum atomic E-state index is -0.634. The molecule has 164 valence electrons. The number of carbonyl (C=O) groups excluding carboxylic acids is 1. The predicted molar refractivity (Wildman–Crippen MR) is 120 cm³/mol. The van der Waals surface area contributed by atoms with Crippen molar-refractivity contribution in [1.82, 2.24) is 9.13 Å². The summed E-state index contributed by atoms with van der Waals surface area (Å²) in [4.78, 5) is 37.9. The van der Waals surface area contributed by atoms with E-state index in [-0.39, 0.29) is 35.7 Å². The van der Waals surface area contributed by atoms with Crippen molar-refractivity contribution in [3.05, 3.63) is 61.8 Å². The van der Waals surface area contributed by atoms with Crippen molar-refractivity contribution in [3.8, 4) is 0 Å². The Hall–Kier alpha value is -2.67. The monoisotopic (exact) mass is 415 g/mol. The van der Waals surface area contributed by atoms with Gasteiger partial charge >= 0.3 is 5.69 Å². The molecular weight excluding hydrogens is 380 g/mol. The molecule has 7 nitrogen and oxygen atoms in total. The number of anilines is 1. The smallest absolute Gasteiger partial charge is 0.332 e. The maximum Gasteiger partial charge on any atom is 0.332 e. The molecule has 0 bridgehead atoms. The zero-order valence-corrected chi connectivity index (χ0v) is 18.9. The van der Waals surface area contributed by atoms with Gasteiger partial charge in [-0.15, -0.1) is 0 Å². The van der Waals surface area contributed by atoms with Crippen molar-refractivity contribution in [2.75, 3.05) is 12.3 Å². The molecule has 1 aromatic heterocycles. The highest BCUT2D eigenvalue weighted by molar-refractivity contribution is 6.00. The van der Waals surface area contributed by atoms with Gasteiger partial charge in [-0.1, -0.05) is 58.9 Å². The van der Waals surface area contributed by atoms with Crippen LogP contribution in [0.25, 0.3) is 0 Å². The van der Waals surface area contributed by atoms with E-state index in [4.69, 9.17) is 5.73 Å². The van der Waals surface area contributed by atoms with E-state index in [0.29, 0.717) is 18.9 Å². The highest BCUT2D eigenvalue weighted by Gasteiger charge is 2.25. The van der Waals surface area contributed by atoms with Gasteiger partial charge in [-0.05, 0) is 17.9 Å². The van der Waals surface area contributed by atoms with E-state index in [1.165, 1.54) is 17.2 Å². The number of quaternary nitrogens is 1. The molecule has 0 unspecified atom stereocenters. The molecule has 0 spiro atoms. The van der Waals surface area contributed by atoms with Gasteiger partial charge in [0.25, 0.3) is 5.56 Å². The Bertz CT molecular complexity index is 1000. The van der Waals surface area contributed by atoms with Crippen molar-refractivity contribution < 1.29 is 10.1 Å². The van der Waals surface area contributed by atoms with Crippen molar-refractivity contribution in [3.63, 3.8) is 0 Å². The topological polar surface area (TPSA) is 104 Å². The van der Waals surface area contributed by atoms with E-state index in [2.05, 4.69) is 52.0 Å². The standard InChI is InChI=1S/C23H34N4O3/c1-7-12-27-21(24)19(22(29)26(6)23(27)30)18(28)13-25-20(15(4)5)17-10-8-16(9-11-17)14(2)3/h8-11,14-15,20,25H,7,12-13,24H2,1-6H3/p+1/t20-/m1/s1. The lowest BCUT2D eigenvalue weighted by molar-refractivity contribution is -0.691. The first-order valence-corrected chi connectivity index (χ1v) is 10.7. The average Bonchev–Trinajstić information content (AvgIpc) is 2.70. The first-order chi connectivity index (χ1) is 14.1. The van der Waals surface area contributed by atoms with Gasteiger partial charge in [0.05, 0.1) is 0 Å². The van der Waals surface area contributed by atoms with Crippen LogP contribution in [0.3, 0.4) is 0 Å². The number of Topliss-reactive ketones (excluding diaryl/α,β-unsaturated/α-hetero) is 1. The molecule has 30 heavy (non-hydrogen) atoms. The fourth-order valence-electron chi connectivity index (χ4n) is 3.72. The second-order valence-electron chi connectivity index (χ2n) is 8.51. The third kappa shape index (κ3) is 4.90. The molecule has 0 aliphatic rings. The number of aromatic nitrogens is 2. The predicted octanol–water partition coefficient (Wildman–Crippen LogP) is 1.81. The second kappa shape index (κ2) is 9.89. The number of carbonyl (C=O) groups is 1. The maximum absolute atomic E-state index is 13.0. The van der Waals surface area contributed by atoms with E-state index in [1.54, 1.807) is 0 Å². The molecule has 0 saturated carbocycles. The molecule has 2 aromatic rings. The first-order valence-electron chi connectivity index (χ1n) is 10.7. The molecule has 0 amide bonds. The molecule has 4 N–H and O–H groups in total. The summed E-state index contributed by atoms with van der Waals surface area (Å²) >= 11 is 0. The average molecular weight is 416 g/mol.